The molecule has 0 N–H and O–H groups in total. The summed E-state index contributed by atoms with van der Waals surface area (Å²) in [5.41, 5.74) is 0. The number of allylic oxidation sites excluding steroid dienone is 7. The van der Waals surface area contributed by atoms with E-state index in [1.54, 1.807) is 24.3 Å². The van der Waals surface area contributed by atoms with Crippen LogP contribution in [0.2, 0.25) is 5.28 Å². The number of ether oxygens (including phenoxy) is 2. The summed E-state index contributed by atoms with van der Waals surface area (Å²) in [6.07, 6.45) is 13.0. The van der Waals surface area contributed by atoms with E-state index < -0.39 is 0 Å². The van der Waals surface area contributed by atoms with Crippen molar-refractivity contribution in [2.24, 2.45) is 0 Å². The van der Waals surface area contributed by atoms with Crippen LogP contribution >= 0.6 is 11.6 Å². The number of nitrogens with zero attached hydrogens (tertiary/aromatic N) is 3. The van der Waals surface area contributed by atoms with E-state index >= 15 is 0 Å². The first-order valence-corrected chi connectivity index (χ1v) is 8.55. The highest BCUT2D eigenvalue weighted by molar-refractivity contribution is 6.28. The first kappa shape index (κ1) is 18.4. The van der Waals surface area contributed by atoms with E-state index in [4.69, 9.17) is 21.1 Å². The minimum atomic E-state index is -0.0244. The molecule has 2 aromatic rings. The van der Waals surface area contributed by atoms with Crippen LogP contribution in [-0.4, -0.2) is 15.0 Å². The van der Waals surface area contributed by atoms with E-state index in [0.29, 0.717) is 11.5 Å². The highest BCUT2D eigenvalue weighted by Gasteiger charge is 2.09. The first-order valence-electron chi connectivity index (χ1n) is 8.17. The van der Waals surface area contributed by atoms with Gasteiger partial charge >= 0.3 is 12.0 Å². The monoisotopic (exact) mass is 377 g/mol. The normalized spacial score (nSPS) is 17.9. The molecule has 1 aromatic heterocycles. The van der Waals surface area contributed by atoms with Crippen molar-refractivity contribution in [3.8, 4) is 17.8 Å². The molecule has 134 valence electrons. The van der Waals surface area contributed by atoms with Gasteiger partial charge in [-0.25, -0.2) is 0 Å². The lowest BCUT2D eigenvalue weighted by Crippen LogP contribution is -2.01. The Morgan fingerprint density at radius 2 is 1.22 bits per heavy atom. The van der Waals surface area contributed by atoms with Gasteiger partial charge in [-0.05, 0) is 35.9 Å². The fraction of sp³-hybridized carbons (Fsp3) is 0. The van der Waals surface area contributed by atoms with Gasteiger partial charge in [0.2, 0.25) is 5.28 Å². The van der Waals surface area contributed by atoms with Crippen LogP contribution < -0.4 is 9.47 Å². The summed E-state index contributed by atoms with van der Waals surface area (Å²) in [6, 6.07) is 16.9. The molecule has 0 aliphatic heterocycles. The van der Waals surface area contributed by atoms with Gasteiger partial charge in [-0.1, -0.05) is 72.8 Å². The summed E-state index contributed by atoms with van der Waals surface area (Å²) in [4.78, 5) is 12.2. The maximum absolute atomic E-state index is 5.99. The Bertz CT molecular complexity index is 942. The quantitative estimate of drug-likeness (QED) is 0.715. The van der Waals surface area contributed by atoms with Crippen molar-refractivity contribution in [3.63, 3.8) is 0 Å². The predicted molar refractivity (Wildman–Crippen MR) is 105 cm³/mol. The first-order chi connectivity index (χ1) is 13.3. The van der Waals surface area contributed by atoms with Crippen LogP contribution in [0.3, 0.4) is 0 Å². The fourth-order valence-corrected chi connectivity index (χ4v) is 2.12. The van der Waals surface area contributed by atoms with Crippen LogP contribution in [0.15, 0.2) is 103 Å². The van der Waals surface area contributed by atoms with Crippen molar-refractivity contribution in [2.45, 2.75) is 0 Å². The Balaban J connectivity index is 1.84. The topological polar surface area (TPSA) is 57.1 Å². The molecule has 0 fully saturated rings. The van der Waals surface area contributed by atoms with Gasteiger partial charge in [0, 0.05) is 0 Å². The number of hydrogen-bond donors (Lipinski definition) is 0. The van der Waals surface area contributed by atoms with E-state index in [9.17, 15) is 0 Å². The third-order valence-electron chi connectivity index (χ3n) is 3.14. The van der Waals surface area contributed by atoms with Gasteiger partial charge in [0.05, 0.1) is 0 Å². The molecule has 1 aromatic carbocycles. The number of rotatable bonds is 4. The van der Waals surface area contributed by atoms with Crippen LogP contribution in [0.5, 0.6) is 17.8 Å². The van der Waals surface area contributed by atoms with Crippen LogP contribution in [-0.2, 0) is 0 Å². The molecular formula is C21H16ClN3O2. The highest BCUT2D eigenvalue weighted by Crippen LogP contribution is 2.20. The largest absolute Gasteiger partial charge is 0.424 e. The number of halogens is 1. The molecule has 0 saturated heterocycles. The maximum Gasteiger partial charge on any atom is 0.329 e. The second kappa shape index (κ2) is 9.89. The van der Waals surface area contributed by atoms with Crippen LogP contribution in [0.1, 0.15) is 0 Å². The van der Waals surface area contributed by atoms with E-state index in [-0.39, 0.29) is 17.3 Å². The lowest BCUT2D eigenvalue weighted by atomic mass is 10.3. The van der Waals surface area contributed by atoms with Crippen molar-refractivity contribution in [2.75, 3.05) is 0 Å². The smallest absolute Gasteiger partial charge is 0.329 e. The van der Waals surface area contributed by atoms with Crippen LogP contribution in [0.4, 0.5) is 0 Å². The zero-order chi connectivity index (χ0) is 18.7. The average Bonchev–Trinajstić information content (AvgIpc) is 2.62. The fourth-order valence-electron chi connectivity index (χ4n) is 1.98. The lowest BCUT2D eigenvalue weighted by molar-refractivity contribution is 0.379. The minimum absolute atomic E-state index is 0.0244. The van der Waals surface area contributed by atoms with E-state index in [1.807, 2.05) is 72.8 Å². The van der Waals surface area contributed by atoms with Gasteiger partial charge in [0.25, 0.3) is 0 Å². The summed E-state index contributed by atoms with van der Waals surface area (Å²) in [7, 11) is 0. The van der Waals surface area contributed by atoms with E-state index in [2.05, 4.69) is 15.0 Å². The van der Waals surface area contributed by atoms with Crippen LogP contribution in [0, 0.1) is 0 Å². The van der Waals surface area contributed by atoms with Crippen LogP contribution in [0.25, 0.3) is 0 Å². The molecule has 5 nitrogen and oxygen atoms in total. The Labute approximate surface area is 162 Å². The van der Waals surface area contributed by atoms with Gasteiger partial charge in [0.1, 0.15) is 11.5 Å². The molecular weight excluding hydrogens is 362 g/mol. The number of aromatic nitrogens is 3. The molecule has 0 bridgehead atoms. The highest BCUT2D eigenvalue weighted by atomic mass is 35.5. The van der Waals surface area contributed by atoms with Gasteiger partial charge in [0.15, 0.2) is 0 Å². The van der Waals surface area contributed by atoms with Gasteiger partial charge in [-0.2, -0.15) is 9.97 Å². The molecule has 0 amide bonds. The summed E-state index contributed by atoms with van der Waals surface area (Å²) in [5.74, 6) is 1.10. The molecule has 0 radical (unpaired) electrons. The molecule has 1 aliphatic rings. The Hall–Kier alpha value is -3.44. The predicted octanol–water partition coefficient (Wildman–Crippen LogP) is 5.39. The zero-order valence-electron chi connectivity index (χ0n) is 14.3. The summed E-state index contributed by atoms with van der Waals surface area (Å²) in [6.45, 7) is 0. The molecule has 1 heterocycles. The zero-order valence-corrected chi connectivity index (χ0v) is 15.0. The van der Waals surface area contributed by atoms with Crippen molar-refractivity contribution >= 4 is 11.6 Å². The van der Waals surface area contributed by atoms with E-state index in [1.165, 1.54) is 0 Å². The molecule has 1 aliphatic carbocycles. The van der Waals surface area contributed by atoms with Gasteiger partial charge < -0.3 is 9.47 Å². The summed E-state index contributed by atoms with van der Waals surface area (Å²) >= 11 is 5.99. The molecule has 0 spiro atoms. The van der Waals surface area contributed by atoms with Crippen molar-refractivity contribution in [1.29, 1.82) is 0 Å². The molecule has 0 atom stereocenters. The van der Waals surface area contributed by atoms with Gasteiger partial charge in [-0.15, -0.1) is 4.98 Å². The Morgan fingerprint density at radius 3 is 1.96 bits per heavy atom. The van der Waals surface area contributed by atoms with Crippen molar-refractivity contribution in [1.82, 2.24) is 15.0 Å². The standard InChI is InChI=1S/C21H16ClN3O2/c22-19-23-20(26-17-13-9-5-2-1-3-6-10-14-17)25-21(24-19)27-18-15-11-7-4-8-12-16-18/h1-16H/b2-1?,3-1?,5-2?,6-3?,7-4-,8-4?,9-5?,10-6?,11-7?,12-8-,13-9?,14-10?,15-11-,16-12?,17-13?,17-14?,18-15?,18-16+. The summed E-state index contributed by atoms with van der Waals surface area (Å²) < 4.78 is 11.4. The molecule has 0 unspecified atom stereocenters. The third-order valence-corrected chi connectivity index (χ3v) is 3.31. The van der Waals surface area contributed by atoms with Crippen molar-refractivity contribution < 1.29 is 9.47 Å². The Kier molecular flexibility index (Phi) is 6.72. The Morgan fingerprint density at radius 1 is 0.630 bits per heavy atom. The van der Waals surface area contributed by atoms with E-state index in [0.717, 1.165) is 0 Å². The molecule has 27 heavy (non-hydrogen) atoms. The maximum atomic E-state index is 5.99. The van der Waals surface area contributed by atoms with Gasteiger partial charge in [-0.3, -0.25) is 0 Å². The average molecular weight is 378 g/mol. The third kappa shape index (κ3) is 6.41. The second-order valence-corrected chi connectivity index (χ2v) is 5.49. The molecule has 6 heteroatoms. The minimum Gasteiger partial charge on any atom is -0.424 e. The molecule has 3 rings (SSSR count). The second-order valence-electron chi connectivity index (χ2n) is 5.15. The SMILES string of the molecule is Clc1nc(OC2=C/C=C\C=C/C=C\2)nc(Oc2ccccccccc2)n1. The lowest BCUT2D eigenvalue weighted by Gasteiger charge is -2.07. The van der Waals surface area contributed by atoms with Crippen molar-refractivity contribution in [3.05, 3.63) is 108 Å². The summed E-state index contributed by atoms with van der Waals surface area (Å²) in [5, 5.41) is -0.0244. The number of hydrogen-bond acceptors (Lipinski definition) is 5. The molecule has 0 saturated carbocycles.